The van der Waals surface area contributed by atoms with Crippen molar-refractivity contribution in [3.8, 4) is 0 Å². The van der Waals surface area contributed by atoms with Gasteiger partial charge in [0.2, 0.25) is 0 Å². The molecular formula is C10H20N2OS. The Morgan fingerprint density at radius 1 is 1.29 bits per heavy atom. The van der Waals surface area contributed by atoms with Crippen molar-refractivity contribution in [3.05, 3.63) is 0 Å². The quantitative estimate of drug-likeness (QED) is 0.710. The molecule has 2 aliphatic heterocycles. The van der Waals surface area contributed by atoms with Crippen molar-refractivity contribution in [2.45, 2.75) is 37.8 Å². The Labute approximate surface area is 88.5 Å². The molecule has 0 spiro atoms. The lowest BCUT2D eigenvalue weighted by Crippen LogP contribution is -2.42. The molecule has 0 saturated carbocycles. The summed E-state index contributed by atoms with van der Waals surface area (Å²) in [6.07, 6.45) is 4.82. The van der Waals surface area contributed by atoms with Crippen LogP contribution in [0.5, 0.6) is 0 Å². The van der Waals surface area contributed by atoms with E-state index < -0.39 is 10.8 Å². The van der Waals surface area contributed by atoms with E-state index in [0.29, 0.717) is 12.1 Å². The average Bonchev–Trinajstić information content (AvgIpc) is 2.70. The van der Waals surface area contributed by atoms with Crippen LogP contribution in [0.4, 0.5) is 0 Å². The van der Waals surface area contributed by atoms with Gasteiger partial charge in [-0.25, -0.2) is 0 Å². The third-order valence-corrected chi connectivity index (χ3v) is 4.59. The largest absolute Gasteiger partial charge is 0.313 e. The highest BCUT2D eigenvalue weighted by molar-refractivity contribution is 7.85. The first kappa shape index (κ1) is 10.6. The molecule has 1 unspecified atom stereocenters. The van der Waals surface area contributed by atoms with Crippen molar-refractivity contribution < 1.29 is 4.21 Å². The Morgan fingerprint density at radius 2 is 2.07 bits per heavy atom. The molecule has 2 saturated heterocycles. The Bertz CT molecular complexity index is 194. The van der Waals surface area contributed by atoms with Gasteiger partial charge in [0, 0.05) is 40.9 Å². The lowest BCUT2D eigenvalue weighted by molar-refractivity contribution is 0.437. The van der Waals surface area contributed by atoms with E-state index in [1.165, 1.54) is 19.4 Å². The molecule has 0 aromatic heterocycles. The molecule has 1 atom stereocenters. The van der Waals surface area contributed by atoms with Gasteiger partial charge in [0.05, 0.1) is 0 Å². The van der Waals surface area contributed by atoms with E-state index in [9.17, 15) is 4.21 Å². The molecule has 0 bridgehead atoms. The maximum atomic E-state index is 11.1. The van der Waals surface area contributed by atoms with Crippen LogP contribution < -0.4 is 10.6 Å². The van der Waals surface area contributed by atoms with E-state index in [4.69, 9.17) is 0 Å². The molecule has 0 amide bonds. The molecule has 2 fully saturated rings. The fourth-order valence-electron chi connectivity index (χ4n) is 2.24. The van der Waals surface area contributed by atoms with Crippen LogP contribution >= 0.6 is 0 Å². The second-order valence-electron chi connectivity index (χ2n) is 4.32. The van der Waals surface area contributed by atoms with Gasteiger partial charge in [-0.15, -0.1) is 0 Å². The summed E-state index contributed by atoms with van der Waals surface area (Å²) in [6, 6.07) is 1.30. The van der Waals surface area contributed by atoms with Gasteiger partial charge in [0.1, 0.15) is 0 Å². The average molecular weight is 216 g/mol. The topological polar surface area (TPSA) is 41.1 Å². The van der Waals surface area contributed by atoms with Crippen molar-refractivity contribution in [2.75, 3.05) is 24.6 Å². The standard InChI is InChI=1S/C10H20N2OS/c13-14-6-3-9(4-7-14)12-8-10-2-1-5-11-10/h9-12H,1-8H2. The zero-order valence-electron chi connectivity index (χ0n) is 8.63. The Kier molecular flexibility index (Phi) is 3.96. The molecule has 82 valence electrons. The molecule has 2 N–H and O–H groups in total. The lowest BCUT2D eigenvalue weighted by Gasteiger charge is -2.24. The fourth-order valence-corrected chi connectivity index (χ4v) is 3.54. The van der Waals surface area contributed by atoms with Crippen molar-refractivity contribution >= 4 is 10.8 Å². The van der Waals surface area contributed by atoms with Crippen molar-refractivity contribution in [3.63, 3.8) is 0 Å². The first-order valence-electron chi connectivity index (χ1n) is 5.66. The summed E-state index contributed by atoms with van der Waals surface area (Å²) in [6.45, 7) is 2.28. The molecule has 14 heavy (non-hydrogen) atoms. The third-order valence-electron chi connectivity index (χ3n) is 3.20. The number of hydrogen-bond acceptors (Lipinski definition) is 3. The van der Waals surface area contributed by atoms with E-state index in [-0.39, 0.29) is 0 Å². The summed E-state index contributed by atoms with van der Waals surface area (Å²) in [5.41, 5.74) is 0. The summed E-state index contributed by atoms with van der Waals surface area (Å²) < 4.78 is 11.1. The zero-order chi connectivity index (χ0) is 9.80. The van der Waals surface area contributed by atoms with Crippen molar-refractivity contribution in [1.82, 2.24) is 10.6 Å². The SMILES string of the molecule is O=S1CCC(NCC2CCCN2)CC1. The number of nitrogens with one attached hydrogen (secondary N) is 2. The van der Waals surface area contributed by atoms with Crippen LogP contribution in [-0.4, -0.2) is 40.9 Å². The highest BCUT2D eigenvalue weighted by atomic mass is 32.2. The Balaban J connectivity index is 1.63. The summed E-state index contributed by atoms with van der Waals surface area (Å²) >= 11 is 0. The predicted molar refractivity (Wildman–Crippen MR) is 59.9 cm³/mol. The highest BCUT2D eigenvalue weighted by Crippen LogP contribution is 2.10. The van der Waals surface area contributed by atoms with E-state index in [2.05, 4.69) is 10.6 Å². The van der Waals surface area contributed by atoms with Gasteiger partial charge in [-0.2, -0.15) is 0 Å². The molecular weight excluding hydrogens is 196 g/mol. The van der Waals surface area contributed by atoms with E-state index in [1.807, 2.05) is 0 Å². The van der Waals surface area contributed by atoms with Crippen molar-refractivity contribution in [2.24, 2.45) is 0 Å². The van der Waals surface area contributed by atoms with Crippen LogP contribution in [0.2, 0.25) is 0 Å². The minimum absolute atomic E-state index is 0.522. The summed E-state index contributed by atoms with van der Waals surface area (Å²) in [5, 5.41) is 7.07. The minimum atomic E-state index is -0.522. The van der Waals surface area contributed by atoms with Gasteiger partial charge in [0.15, 0.2) is 0 Å². The van der Waals surface area contributed by atoms with Crippen molar-refractivity contribution in [1.29, 1.82) is 0 Å². The summed E-state index contributed by atoms with van der Waals surface area (Å²) in [7, 11) is -0.522. The van der Waals surface area contributed by atoms with Crippen LogP contribution in [0.3, 0.4) is 0 Å². The van der Waals surface area contributed by atoms with Gasteiger partial charge in [-0.05, 0) is 32.2 Å². The third kappa shape index (κ3) is 3.04. The Hall–Kier alpha value is 0.0700. The van der Waals surface area contributed by atoms with Crippen LogP contribution in [0.25, 0.3) is 0 Å². The number of hydrogen-bond donors (Lipinski definition) is 2. The van der Waals surface area contributed by atoms with Gasteiger partial charge in [0.25, 0.3) is 0 Å². The fraction of sp³-hybridized carbons (Fsp3) is 1.00. The van der Waals surface area contributed by atoms with Crippen LogP contribution in [-0.2, 0) is 10.8 Å². The van der Waals surface area contributed by atoms with Gasteiger partial charge in [-0.1, -0.05) is 0 Å². The molecule has 2 rings (SSSR count). The normalized spacial score (nSPS) is 38.7. The predicted octanol–water partition coefficient (Wildman–Crippen LogP) is 0.239. The molecule has 3 nitrogen and oxygen atoms in total. The minimum Gasteiger partial charge on any atom is -0.313 e. The molecule has 0 aromatic carbocycles. The van der Waals surface area contributed by atoms with Crippen LogP contribution in [0.15, 0.2) is 0 Å². The number of rotatable bonds is 3. The second-order valence-corrected chi connectivity index (χ2v) is 6.02. The zero-order valence-corrected chi connectivity index (χ0v) is 9.44. The first-order valence-corrected chi connectivity index (χ1v) is 7.15. The Morgan fingerprint density at radius 3 is 2.71 bits per heavy atom. The van der Waals surface area contributed by atoms with Gasteiger partial charge in [-0.3, -0.25) is 4.21 Å². The van der Waals surface area contributed by atoms with Gasteiger partial charge >= 0.3 is 0 Å². The van der Waals surface area contributed by atoms with Crippen LogP contribution in [0, 0.1) is 0 Å². The molecule has 0 aliphatic carbocycles. The molecule has 2 aliphatic rings. The van der Waals surface area contributed by atoms with E-state index in [1.54, 1.807) is 0 Å². The van der Waals surface area contributed by atoms with E-state index in [0.717, 1.165) is 30.9 Å². The van der Waals surface area contributed by atoms with Crippen LogP contribution in [0.1, 0.15) is 25.7 Å². The maximum absolute atomic E-state index is 11.1. The molecule has 0 aromatic rings. The van der Waals surface area contributed by atoms with Gasteiger partial charge < -0.3 is 10.6 Å². The molecule has 4 heteroatoms. The molecule has 0 radical (unpaired) electrons. The first-order chi connectivity index (χ1) is 6.84. The second kappa shape index (κ2) is 5.24. The lowest BCUT2D eigenvalue weighted by atomic mass is 10.1. The maximum Gasteiger partial charge on any atom is 0.0249 e. The van der Waals surface area contributed by atoms with E-state index >= 15 is 0 Å². The smallest absolute Gasteiger partial charge is 0.0249 e. The monoisotopic (exact) mass is 216 g/mol. The highest BCUT2D eigenvalue weighted by Gasteiger charge is 2.19. The molecule has 2 heterocycles. The summed E-state index contributed by atoms with van der Waals surface area (Å²) in [4.78, 5) is 0. The summed E-state index contributed by atoms with van der Waals surface area (Å²) in [5.74, 6) is 1.80.